The number of unbranched alkanes of at least 4 members (excludes halogenated alkanes) is 13. The monoisotopic (exact) mass is 444 g/mol. The summed E-state index contributed by atoms with van der Waals surface area (Å²) in [5, 5.41) is 10.9. The molecule has 1 aromatic carbocycles. The highest BCUT2D eigenvalue weighted by molar-refractivity contribution is 5.48. The maximum absolute atomic E-state index is 10.9. The largest absolute Gasteiger partial charge is 0.507 e. The molecule has 0 aromatic heterocycles. The molecule has 1 atom stereocenters. The van der Waals surface area contributed by atoms with E-state index in [1.807, 2.05) is 0 Å². The molecule has 1 N–H and O–H groups in total. The van der Waals surface area contributed by atoms with Crippen molar-refractivity contribution in [2.75, 3.05) is 0 Å². The average Bonchev–Trinajstić information content (AvgIpc) is 2.72. The lowest BCUT2D eigenvalue weighted by Gasteiger charge is -2.25. The Morgan fingerprint density at radius 1 is 0.656 bits per heavy atom. The quantitative estimate of drug-likeness (QED) is 0.237. The van der Waals surface area contributed by atoms with Gasteiger partial charge in [-0.3, -0.25) is 0 Å². The highest BCUT2D eigenvalue weighted by Crippen LogP contribution is 2.39. The molecule has 1 nitrogen and oxygen atoms in total. The first-order valence-electron chi connectivity index (χ1n) is 14.1. The fourth-order valence-electron chi connectivity index (χ4n) is 4.73. The minimum absolute atomic E-state index is 0.112. The van der Waals surface area contributed by atoms with Crippen LogP contribution in [-0.4, -0.2) is 5.11 Å². The molecule has 0 fully saturated rings. The second kappa shape index (κ2) is 15.8. The summed E-state index contributed by atoms with van der Waals surface area (Å²) >= 11 is 0. The molecule has 1 rings (SSSR count). The van der Waals surface area contributed by atoms with E-state index < -0.39 is 0 Å². The molecule has 32 heavy (non-hydrogen) atoms. The highest BCUT2D eigenvalue weighted by atomic mass is 16.3. The van der Waals surface area contributed by atoms with Gasteiger partial charge in [0.15, 0.2) is 0 Å². The van der Waals surface area contributed by atoms with Gasteiger partial charge in [-0.2, -0.15) is 0 Å². The summed E-state index contributed by atoms with van der Waals surface area (Å²) in [5.74, 6) is 1.32. The molecule has 0 aliphatic rings. The summed E-state index contributed by atoms with van der Waals surface area (Å²) in [5.41, 5.74) is 3.73. The number of benzene rings is 1. The minimum Gasteiger partial charge on any atom is -0.507 e. The zero-order valence-electron chi connectivity index (χ0n) is 22.9. The van der Waals surface area contributed by atoms with Crippen LogP contribution >= 0.6 is 0 Å². The zero-order chi connectivity index (χ0) is 24.0. The van der Waals surface area contributed by atoms with Crippen LogP contribution in [0.25, 0.3) is 0 Å². The highest BCUT2D eigenvalue weighted by Gasteiger charge is 2.22. The molecule has 0 heterocycles. The first kappa shape index (κ1) is 29.1. The molecule has 0 aliphatic carbocycles. The van der Waals surface area contributed by atoms with Crippen molar-refractivity contribution in [2.45, 2.75) is 162 Å². The van der Waals surface area contributed by atoms with Crippen molar-refractivity contribution in [1.29, 1.82) is 0 Å². The second-order valence-corrected chi connectivity index (χ2v) is 11.7. The van der Waals surface area contributed by atoms with E-state index in [0.717, 1.165) is 11.1 Å². The second-order valence-electron chi connectivity index (χ2n) is 11.7. The predicted octanol–water partition coefficient (Wildman–Crippen LogP) is 10.8. The molecule has 1 aromatic rings. The van der Waals surface area contributed by atoms with Crippen LogP contribution < -0.4 is 0 Å². The molecule has 0 saturated carbocycles. The molecule has 1 heteroatoms. The van der Waals surface area contributed by atoms with Crippen LogP contribution in [0, 0.1) is 0 Å². The normalized spacial score (nSPS) is 13.1. The van der Waals surface area contributed by atoms with E-state index in [9.17, 15) is 5.11 Å². The molecule has 1 unspecified atom stereocenters. The van der Waals surface area contributed by atoms with Gasteiger partial charge in [0.2, 0.25) is 0 Å². The maximum Gasteiger partial charge on any atom is 0.122 e. The number of aromatic hydroxyl groups is 1. The first-order valence-corrected chi connectivity index (χ1v) is 14.1. The predicted molar refractivity (Wildman–Crippen MR) is 144 cm³/mol. The van der Waals surface area contributed by atoms with E-state index in [0.29, 0.717) is 17.6 Å². The summed E-state index contributed by atoms with van der Waals surface area (Å²) in [6.07, 6.45) is 20.8. The SMILES string of the molecule is CCCCCCCCCCCCCCCCC(C)c1cc(C(C)(C)C)cc(C(C)C)c1O. The maximum atomic E-state index is 10.9. The fraction of sp³-hybridized carbons (Fsp3) is 0.806. The minimum atomic E-state index is 0.112. The van der Waals surface area contributed by atoms with Gasteiger partial charge in [-0.15, -0.1) is 0 Å². The Bertz CT molecular complexity index is 608. The van der Waals surface area contributed by atoms with Crippen LogP contribution in [0.1, 0.15) is 173 Å². The molecule has 0 spiro atoms. The number of rotatable bonds is 17. The summed E-state index contributed by atoms with van der Waals surface area (Å²) in [7, 11) is 0. The topological polar surface area (TPSA) is 20.2 Å². The van der Waals surface area contributed by atoms with Gasteiger partial charge >= 0.3 is 0 Å². The third-order valence-electron chi connectivity index (χ3n) is 7.18. The number of phenolic OH excluding ortho intramolecular Hbond substituents is 1. The van der Waals surface area contributed by atoms with Crippen molar-refractivity contribution in [2.24, 2.45) is 0 Å². The molecule has 0 radical (unpaired) electrons. The lowest BCUT2D eigenvalue weighted by Crippen LogP contribution is -2.13. The average molecular weight is 445 g/mol. The third kappa shape index (κ3) is 11.2. The van der Waals surface area contributed by atoms with Crippen LogP contribution in [-0.2, 0) is 5.41 Å². The third-order valence-corrected chi connectivity index (χ3v) is 7.18. The Balaban J connectivity index is 2.27. The van der Waals surface area contributed by atoms with Gasteiger partial charge in [-0.05, 0) is 40.4 Å². The van der Waals surface area contributed by atoms with Crippen LogP contribution in [0.4, 0.5) is 0 Å². The van der Waals surface area contributed by atoms with E-state index in [2.05, 4.69) is 60.6 Å². The van der Waals surface area contributed by atoms with Crippen LogP contribution in [0.3, 0.4) is 0 Å². The van der Waals surface area contributed by atoms with Crippen molar-refractivity contribution in [3.8, 4) is 5.75 Å². The molecule has 0 amide bonds. The zero-order valence-corrected chi connectivity index (χ0v) is 22.9. The van der Waals surface area contributed by atoms with Gasteiger partial charge < -0.3 is 5.11 Å². The molecular weight excluding hydrogens is 388 g/mol. The summed E-state index contributed by atoms with van der Waals surface area (Å²) in [6.45, 7) is 15.8. The van der Waals surface area contributed by atoms with Crippen molar-refractivity contribution in [3.63, 3.8) is 0 Å². The van der Waals surface area contributed by atoms with Gasteiger partial charge in [0, 0.05) is 0 Å². The van der Waals surface area contributed by atoms with Gasteiger partial charge in [-0.25, -0.2) is 0 Å². The van der Waals surface area contributed by atoms with Gasteiger partial charge in [-0.1, -0.05) is 150 Å². The van der Waals surface area contributed by atoms with Crippen molar-refractivity contribution >= 4 is 0 Å². The molecule has 0 saturated heterocycles. The number of hydrogen-bond donors (Lipinski definition) is 1. The first-order chi connectivity index (χ1) is 15.2. The Hall–Kier alpha value is -0.980. The van der Waals surface area contributed by atoms with E-state index in [1.54, 1.807) is 0 Å². The molecular formula is C31H56O. The Labute approximate surface area is 201 Å². The van der Waals surface area contributed by atoms with Gasteiger partial charge in [0.1, 0.15) is 5.75 Å². The van der Waals surface area contributed by atoms with Crippen molar-refractivity contribution < 1.29 is 5.11 Å². The lowest BCUT2D eigenvalue weighted by atomic mass is 9.80. The standard InChI is InChI=1S/C31H56O/c1-8-9-10-11-12-13-14-15-16-17-18-19-20-21-22-26(4)29-24-27(31(5,6)7)23-28(25(2)3)30(29)32/h23-26,32H,8-22H2,1-7H3. The van der Waals surface area contributed by atoms with E-state index in [4.69, 9.17) is 0 Å². The van der Waals surface area contributed by atoms with Crippen LogP contribution in [0.5, 0.6) is 5.75 Å². The lowest BCUT2D eigenvalue weighted by molar-refractivity contribution is 0.445. The van der Waals surface area contributed by atoms with E-state index in [-0.39, 0.29) is 5.41 Å². The Morgan fingerprint density at radius 2 is 1.06 bits per heavy atom. The summed E-state index contributed by atoms with van der Waals surface area (Å²) < 4.78 is 0. The summed E-state index contributed by atoms with van der Waals surface area (Å²) in [4.78, 5) is 0. The van der Waals surface area contributed by atoms with Crippen LogP contribution in [0.2, 0.25) is 0 Å². The van der Waals surface area contributed by atoms with Crippen molar-refractivity contribution in [3.05, 3.63) is 28.8 Å². The van der Waals surface area contributed by atoms with E-state index in [1.165, 1.54) is 102 Å². The number of phenols is 1. The van der Waals surface area contributed by atoms with Gasteiger partial charge in [0.25, 0.3) is 0 Å². The van der Waals surface area contributed by atoms with E-state index >= 15 is 0 Å². The smallest absolute Gasteiger partial charge is 0.122 e. The van der Waals surface area contributed by atoms with Crippen LogP contribution in [0.15, 0.2) is 12.1 Å². The Kier molecular flexibility index (Phi) is 14.3. The number of hydrogen-bond acceptors (Lipinski definition) is 1. The fourth-order valence-corrected chi connectivity index (χ4v) is 4.73. The molecule has 186 valence electrons. The Morgan fingerprint density at radius 3 is 1.47 bits per heavy atom. The van der Waals surface area contributed by atoms with Gasteiger partial charge in [0.05, 0.1) is 0 Å². The van der Waals surface area contributed by atoms with Crippen molar-refractivity contribution in [1.82, 2.24) is 0 Å². The summed E-state index contributed by atoms with van der Waals surface area (Å²) in [6, 6.07) is 4.50. The molecule has 0 aliphatic heterocycles. The molecule has 0 bridgehead atoms.